The second kappa shape index (κ2) is 4.37. The highest BCUT2D eigenvalue weighted by molar-refractivity contribution is 9.10. The van der Waals surface area contributed by atoms with Crippen molar-refractivity contribution in [1.82, 2.24) is 4.98 Å². The Balaban J connectivity index is 2.72. The number of nitrogens with two attached hydrogens (primary N) is 1. The van der Waals surface area contributed by atoms with Crippen LogP contribution in [0.4, 0.5) is 4.39 Å². The van der Waals surface area contributed by atoms with Crippen LogP contribution in [0, 0.1) is 5.82 Å². The van der Waals surface area contributed by atoms with Crippen molar-refractivity contribution < 1.29 is 9.13 Å². The van der Waals surface area contributed by atoms with Gasteiger partial charge in [0, 0.05) is 17.2 Å². The third-order valence-electron chi connectivity index (χ3n) is 1.13. The SMILES string of the molecule is NCCOc1ncc(Br)cc1F. The monoisotopic (exact) mass is 234 g/mol. The number of hydrogen-bond donors (Lipinski definition) is 1. The molecule has 0 fully saturated rings. The molecule has 1 aromatic heterocycles. The van der Waals surface area contributed by atoms with E-state index >= 15 is 0 Å². The van der Waals surface area contributed by atoms with E-state index < -0.39 is 5.82 Å². The number of rotatable bonds is 3. The first-order valence-electron chi connectivity index (χ1n) is 3.38. The minimum atomic E-state index is -0.488. The number of nitrogens with zero attached hydrogens (tertiary/aromatic N) is 1. The van der Waals surface area contributed by atoms with Crippen molar-refractivity contribution in [3.8, 4) is 5.88 Å². The minimum absolute atomic E-state index is 0.0105. The Hall–Kier alpha value is -0.680. The number of aromatic nitrogens is 1. The lowest BCUT2D eigenvalue weighted by Gasteiger charge is -2.03. The van der Waals surface area contributed by atoms with Gasteiger partial charge < -0.3 is 10.5 Å². The van der Waals surface area contributed by atoms with E-state index in [1.165, 1.54) is 12.3 Å². The smallest absolute Gasteiger partial charge is 0.250 e. The summed E-state index contributed by atoms with van der Waals surface area (Å²) in [6, 6.07) is 1.29. The highest BCUT2D eigenvalue weighted by Crippen LogP contribution is 2.17. The van der Waals surface area contributed by atoms with Gasteiger partial charge in [-0.25, -0.2) is 9.37 Å². The molecule has 0 saturated heterocycles. The quantitative estimate of drug-likeness (QED) is 0.859. The van der Waals surface area contributed by atoms with E-state index in [-0.39, 0.29) is 12.5 Å². The van der Waals surface area contributed by atoms with E-state index in [1.807, 2.05) is 0 Å². The van der Waals surface area contributed by atoms with Crippen LogP contribution in [0.25, 0.3) is 0 Å². The maximum absolute atomic E-state index is 12.9. The van der Waals surface area contributed by atoms with Gasteiger partial charge in [0.1, 0.15) is 6.61 Å². The minimum Gasteiger partial charge on any atom is -0.474 e. The zero-order valence-corrected chi connectivity index (χ0v) is 7.84. The van der Waals surface area contributed by atoms with E-state index in [9.17, 15) is 4.39 Å². The summed E-state index contributed by atoms with van der Waals surface area (Å²) in [6.45, 7) is 0.614. The first kappa shape index (κ1) is 9.41. The molecule has 1 aromatic rings. The highest BCUT2D eigenvalue weighted by Gasteiger charge is 2.04. The van der Waals surface area contributed by atoms with Crippen LogP contribution in [-0.2, 0) is 0 Å². The maximum Gasteiger partial charge on any atom is 0.250 e. The zero-order chi connectivity index (χ0) is 8.97. The summed E-state index contributed by atoms with van der Waals surface area (Å²) in [6.07, 6.45) is 1.47. The van der Waals surface area contributed by atoms with E-state index in [0.717, 1.165) is 0 Å². The van der Waals surface area contributed by atoms with Crippen LogP contribution in [-0.4, -0.2) is 18.1 Å². The molecule has 0 bridgehead atoms. The molecule has 66 valence electrons. The maximum atomic E-state index is 12.9. The van der Waals surface area contributed by atoms with E-state index in [0.29, 0.717) is 11.0 Å². The van der Waals surface area contributed by atoms with Crippen molar-refractivity contribution in [2.24, 2.45) is 5.73 Å². The predicted octanol–water partition coefficient (Wildman–Crippen LogP) is 1.32. The second-order valence-corrected chi connectivity index (χ2v) is 2.99. The van der Waals surface area contributed by atoms with Crippen LogP contribution in [0.3, 0.4) is 0 Å². The lowest BCUT2D eigenvalue weighted by Crippen LogP contribution is -2.12. The third-order valence-corrected chi connectivity index (χ3v) is 1.56. The molecule has 0 aliphatic heterocycles. The third kappa shape index (κ3) is 2.42. The molecular weight excluding hydrogens is 227 g/mol. The highest BCUT2D eigenvalue weighted by atomic mass is 79.9. The van der Waals surface area contributed by atoms with Gasteiger partial charge in [-0.1, -0.05) is 0 Å². The van der Waals surface area contributed by atoms with Crippen molar-refractivity contribution in [1.29, 1.82) is 0 Å². The van der Waals surface area contributed by atoms with Gasteiger partial charge in [-0.15, -0.1) is 0 Å². The van der Waals surface area contributed by atoms with Crippen molar-refractivity contribution in [2.75, 3.05) is 13.2 Å². The van der Waals surface area contributed by atoms with Crippen LogP contribution < -0.4 is 10.5 Å². The Kier molecular flexibility index (Phi) is 3.43. The second-order valence-electron chi connectivity index (χ2n) is 2.08. The van der Waals surface area contributed by atoms with Gasteiger partial charge in [-0.3, -0.25) is 0 Å². The molecule has 0 unspecified atom stereocenters. The molecule has 0 aliphatic rings. The standard InChI is InChI=1S/C7H8BrFN2O/c8-5-3-6(9)7(11-4-5)12-2-1-10/h3-4H,1-2,10H2. The molecule has 0 atom stereocenters. The van der Waals surface area contributed by atoms with Crippen LogP contribution >= 0.6 is 15.9 Å². The van der Waals surface area contributed by atoms with Gasteiger partial charge in [-0.05, 0) is 22.0 Å². The molecule has 0 radical (unpaired) electrons. The Morgan fingerprint density at radius 1 is 1.67 bits per heavy atom. The fourth-order valence-corrected chi connectivity index (χ4v) is 0.967. The van der Waals surface area contributed by atoms with E-state index in [4.69, 9.17) is 10.5 Å². The van der Waals surface area contributed by atoms with Crippen molar-refractivity contribution in [3.63, 3.8) is 0 Å². The fourth-order valence-electron chi connectivity index (χ4n) is 0.664. The van der Waals surface area contributed by atoms with Gasteiger partial charge in [0.2, 0.25) is 5.88 Å². The molecule has 0 amide bonds. The Morgan fingerprint density at radius 2 is 2.42 bits per heavy atom. The summed E-state index contributed by atoms with van der Waals surface area (Å²) in [7, 11) is 0. The van der Waals surface area contributed by atoms with E-state index in [1.54, 1.807) is 0 Å². The Bertz CT molecular complexity index is 270. The number of pyridine rings is 1. The molecule has 0 aromatic carbocycles. The summed E-state index contributed by atoms with van der Waals surface area (Å²) in [5, 5.41) is 0. The van der Waals surface area contributed by atoms with Crippen LogP contribution in [0.15, 0.2) is 16.7 Å². The Labute approximate surface area is 77.9 Å². The molecule has 3 nitrogen and oxygen atoms in total. The zero-order valence-electron chi connectivity index (χ0n) is 6.26. The summed E-state index contributed by atoms with van der Waals surface area (Å²) in [5.74, 6) is -0.499. The number of hydrogen-bond acceptors (Lipinski definition) is 3. The van der Waals surface area contributed by atoms with Crippen LogP contribution in [0.2, 0.25) is 0 Å². The van der Waals surface area contributed by atoms with Crippen molar-refractivity contribution in [3.05, 3.63) is 22.6 Å². The lowest BCUT2D eigenvalue weighted by molar-refractivity contribution is 0.297. The molecule has 2 N–H and O–H groups in total. The fraction of sp³-hybridized carbons (Fsp3) is 0.286. The summed E-state index contributed by atoms with van der Waals surface area (Å²) < 4.78 is 18.4. The van der Waals surface area contributed by atoms with Gasteiger partial charge in [-0.2, -0.15) is 0 Å². The molecular formula is C7H8BrFN2O. The van der Waals surface area contributed by atoms with Gasteiger partial charge >= 0.3 is 0 Å². The molecule has 1 heterocycles. The molecule has 12 heavy (non-hydrogen) atoms. The largest absolute Gasteiger partial charge is 0.474 e. The normalized spacial score (nSPS) is 9.92. The van der Waals surface area contributed by atoms with Crippen molar-refractivity contribution >= 4 is 15.9 Å². The van der Waals surface area contributed by atoms with Crippen molar-refractivity contribution in [2.45, 2.75) is 0 Å². The van der Waals surface area contributed by atoms with Gasteiger partial charge in [0.25, 0.3) is 0 Å². The summed E-state index contributed by atoms with van der Waals surface area (Å²) in [5.41, 5.74) is 5.17. The van der Waals surface area contributed by atoms with Crippen LogP contribution in [0.5, 0.6) is 5.88 Å². The van der Waals surface area contributed by atoms with E-state index in [2.05, 4.69) is 20.9 Å². The molecule has 0 spiro atoms. The summed E-state index contributed by atoms with van der Waals surface area (Å²) >= 11 is 3.08. The first-order valence-corrected chi connectivity index (χ1v) is 4.17. The number of ether oxygens (including phenoxy) is 1. The number of halogens is 2. The van der Waals surface area contributed by atoms with Gasteiger partial charge in [0.15, 0.2) is 5.82 Å². The molecule has 0 aliphatic carbocycles. The molecule has 1 rings (SSSR count). The molecule has 0 saturated carbocycles. The average Bonchev–Trinajstić information content (AvgIpc) is 2.03. The average molecular weight is 235 g/mol. The lowest BCUT2D eigenvalue weighted by atomic mass is 10.5. The first-order chi connectivity index (χ1) is 5.74. The predicted molar refractivity (Wildman–Crippen MR) is 46.4 cm³/mol. The summed E-state index contributed by atoms with van der Waals surface area (Å²) in [4.78, 5) is 3.72. The van der Waals surface area contributed by atoms with Crippen LogP contribution in [0.1, 0.15) is 0 Å². The van der Waals surface area contributed by atoms with Gasteiger partial charge in [0.05, 0.1) is 0 Å². The topological polar surface area (TPSA) is 48.1 Å². The molecule has 5 heteroatoms. The Morgan fingerprint density at radius 3 is 3.00 bits per heavy atom.